The normalized spacial score (nSPS) is 14.2. The molecule has 9 heteroatoms. The molecule has 8 nitrogen and oxygen atoms in total. The summed E-state index contributed by atoms with van der Waals surface area (Å²) in [5, 5.41) is 9.66. The predicted molar refractivity (Wildman–Crippen MR) is 81.3 cm³/mol. The molecule has 1 N–H and O–H groups in total. The third-order valence-electron chi connectivity index (χ3n) is 3.45. The van der Waals surface area contributed by atoms with E-state index >= 15 is 0 Å². The summed E-state index contributed by atoms with van der Waals surface area (Å²) in [4.78, 5) is 16.2. The van der Waals surface area contributed by atoms with E-state index in [1.54, 1.807) is 12.1 Å². The van der Waals surface area contributed by atoms with Crippen LogP contribution in [0.5, 0.6) is 0 Å². The van der Waals surface area contributed by atoms with Crippen molar-refractivity contribution in [3.8, 4) is 0 Å². The van der Waals surface area contributed by atoms with Gasteiger partial charge in [-0.15, -0.1) is 5.10 Å². The molecule has 0 radical (unpaired) electrons. The minimum absolute atomic E-state index is 0.0198. The highest BCUT2D eigenvalue weighted by Gasteiger charge is 2.28. The highest BCUT2D eigenvalue weighted by atomic mass is 32.2. The Bertz CT molecular complexity index is 773. The number of rotatable bonds is 6. The molecule has 1 amide bonds. The van der Waals surface area contributed by atoms with Gasteiger partial charge in [-0.2, -0.15) is 0 Å². The minimum Gasteiger partial charge on any atom is -0.410 e. The lowest BCUT2D eigenvalue weighted by Crippen LogP contribution is -2.32. The summed E-state index contributed by atoms with van der Waals surface area (Å²) in [6, 6.07) is 2.58. The quantitative estimate of drug-likeness (QED) is 0.846. The van der Waals surface area contributed by atoms with Gasteiger partial charge in [-0.1, -0.05) is 25.4 Å². The number of hydrogen-bond acceptors (Lipinski definition) is 7. The summed E-state index contributed by atoms with van der Waals surface area (Å²) in [7, 11) is -3.59. The Balaban J connectivity index is 2.28. The number of pyridine rings is 1. The molecule has 0 aliphatic carbocycles. The molecule has 23 heavy (non-hydrogen) atoms. The molecule has 2 aromatic rings. The van der Waals surface area contributed by atoms with E-state index in [0.717, 1.165) is 12.7 Å². The van der Waals surface area contributed by atoms with Gasteiger partial charge in [-0.3, -0.25) is 9.78 Å². The molecule has 0 aromatic carbocycles. The van der Waals surface area contributed by atoms with Crippen LogP contribution >= 0.6 is 0 Å². The van der Waals surface area contributed by atoms with Gasteiger partial charge in [0.05, 0.1) is 0 Å². The first-order valence-corrected chi connectivity index (χ1v) is 8.96. The van der Waals surface area contributed by atoms with Gasteiger partial charge in [0.25, 0.3) is 5.91 Å². The molecule has 2 aromatic heterocycles. The minimum atomic E-state index is -3.59. The smallest absolute Gasteiger partial charge is 0.335 e. The molecule has 0 unspecified atom stereocenters. The average Bonchev–Trinajstić information content (AvgIpc) is 3.02. The van der Waals surface area contributed by atoms with Gasteiger partial charge in [0, 0.05) is 24.2 Å². The van der Waals surface area contributed by atoms with Crippen molar-refractivity contribution in [2.45, 2.75) is 31.5 Å². The van der Waals surface area contributed by atoms with Gasteiger partial charge in [-0.25, -0.2) is 8.42 Å². The van der Waals surface area contributed by atoms with E-state index in [4.69, 9.17) is 4.42 Å². The van der Waals surface area contributed by atoms with Crippen molar-refractivity contribution in [1.82, 2.24) is 20.5 Å². The summed E-state index contributed by atoms with van der Waals surface area (Å²) < 4.78 is 28.2. The van der Waals surface area contributed by atoms with Crippen molar-refractivity contribution >= 4 is 15.7 Å². The Morgan fingerprint density at radius 1 is 1.30 bits per heavy atom. The SMILES string of the molecule is CC[C@@H](C)[C@H](NC(=O)c1ccncc1)c1nnc(S(C)(=O)=O)o1. The van der Waals surface area contributed by atoms with Crippen LogP contribution in [0.2, 0.25) is 0 Å². The van der Waals surface area contributed by atoms with E-state index < -0.39 is 21.1 Å². The number of carbonyl (C=O) groups is 1. The van der Waals surface area contributed by atoms with Crippen LogP contribution in [0.4, 0.5) is 0 Å². The number of nitrogens with zero attached hydrogens (tertiary/aromatic N) is 3. The summed E-state index contributed by atoms with van der Waals surface area (Å²) in [5.41, 5.74) is 0.441. The van der Waals surface area contributed by atoms with Crippen molar-refractivity contribution in [3.05, 3.63) is 36.0 Å². The number of sulfone groups is 1. The zero-order valence-corrected chi connectivity index (χ0v) is 13.9. The third kappa shape index (κ3) is 4.13. The highest BCUT2D eigenvalue weighted by Crippen LogP contribution is 2.25. The van der Waals surface area contributed by atoms with E-state index in [1.807, 2.05) is 13.8 Å². The Morgan fingerprint density at radius 3 is 2.48 bits per heavy atom. The van der Waals surface area contributed by atoms with Crippen LogP contribution in [-0.2, 0) is 9.84 Å². The first-order chi connectivity index (χ1) is 10.8. The van der Waals surface area contributed by atoms with Crippen LogP contribution in [0, 0.1) is 5.92 Å². The standard InChI is InChI=1S/C14H18N4O4S/c1-4-9(2)11(13-17-18-14(22-13)23(3,20)21)16-12(19)10-5-7-15-8-6-10/h5-9,11H,4H2,1-3H3,(H,16,19)/t9-,11+/m1/s1. The van der Waals surface area contributed by atoms with E-state index in [2.05, 4.69) is 20.5 Å². The number of aromatic nitrogens is 3. The Labute approximate surface area is 134 Å². The van der Waals surface area contributed by atoms with Gasteiger partial charge in [0.15, 0.2) is 0 Å². The fourth-order valence-corrected chi connectivity index (χ4v) is 2.33. The molecule has 0 saturated heterocycles. The monoisotopic (exact) mass is 338 g/mol. The molecule has 2 heterocycles. The maximum absolute atomic E-state index is 12.3. The lowest BCUT2D eigenvalue weighted by atomic mass is 9.98. The van der Waals surface area contributed by atoms with E-state index in [-0.39, 0.29) is 17.7 Å². The zero-order valence-electron chi connectivity index (χ0n) is 13.1. The second kappa shape index (κ2) is 6.86. The van der Waals surface area contributed by atoms with Gasteiger partial charge in [0.1, 0.15) is 6.04 Å². The molecule has 2 atom stereocenters. The van der Waals surface area contributed by atoms with Crippen molar-refractivity contribution in [3.63, 3.8) is 0 Å². The average molecular weight is 338 g/mol. The second-order valence-corrected chi connectivity index (χ2v) is 7.14. The molecule has 124 valence electrons. The number of carbonyl (C=O) groups excluding carboxylic acids is 1. The van der Waals surface area contributed by atoms with E-state index in [9.17, 15) is 13.2 Å². The number of nitrogens with one attached hydrogen (secondary N) is 1. The maximum atomic E-state index is 12.3. The lowest BCUT2D eigenvalue weighted by Gasteiger charge is -2.20. The predicted octanol–water partition coefficient (Wildman–Crippen LogP) is 1.39. The van der Waals surface area contributed by atoms with Crippen molar-refractivity contribution in [2.75, 3.05) is 6.26 Å². The Kier molecular flexibility index (Phi) is 5.09. The summed E-state index contributed by atoms with van der Waals surface area (Å²) >= 11 is 0. The number of amides is 1. The number of hydrogen-bond donors (Lipinski definition) is 1. The summed E-state index contributed by atoms with van der Waals surface area (Å²) in [6.45, 7) is 3.85. The molecule has 0 aliphatic rings. The first-order valence-electron chi connectivity index (χ1n) is 7.07. The first kappa shape index (κ1) is 17.1. The van der Waals surface area contributed by atoms with Gasteiger partial charge < -0.3 is 9.73 Å². The van der Waals surface area contributed by atoms with Crippen LogP contribution in [0.15, 0.2) is 34.2 Å². The lowest BCUT2D eigenvalue weighted by molar-refractivity contribution is 0.0911. The Hall–Kier alpha value is -2.29. The van der Waals surface area contributed by atoms with Crippen LogP contribution in [0.25, 0.3) is 0 Å². The van der Waals surface area contributed by atoms with Crippen molar-refractivity contribution in [2.24, 2.45) is 5.92 Å². The molecule has 0 spiro atoms. The second-order valence-electron chi connectivity index (χ2n) is 5.25. The molecule has 0 saturated carbocycles. The van der Waals surface area contributed by atoms with Crippen molar-refractivity contribution < 1.29 is 17.6 Å². The Morgan fingerprint density at radius 2 is 1.96 bits per heavy atom. The molecule has 0 bridgehead atoms. The van der Waals surface area contributed by atoms with E-state index in [0.29, 0.717) is 5.56 Å². The van der Waals surface area contributed by atoms with Crippen LogP contribution in [0.3, 0.4) is 0 Å². The highest BCUT2D eigenvalue weighted by molar-refractivity contribution is 7.90. The zero-order chi connectivity index (χ0) is 17.0. The van der Waals surface area contributed by atoms with Gasteiger partial charge in [-0.05, 0) is 18.1 Å². The van der Waals surface area contributed by atoms with Crippen molar-refractivity contribution in [1.29, 1.82) is 0 Å². The largest absolute Gasteiger partial charge is 0.410 e. The van der Waals surface area contributed by atoms with Crippen LogP contribution in [-0.4, -0.2) is 35.8 Å². The van der Waals surface area contributed by atoms with Crippen LogP contribution in [0.1, 0.15) is 42.6 Å². The summed E-state index contributed by atoms with van der Waals surface area (Å²) in [5.74, 6) is -0.271. The van der Waals surface area contributed by atoms with Gasteiger partial charge >= 0.3 is 5.22 Å². The fraction of sp³-hybridized carbons (Fsp3) is 0.429. The molecule has 2 rings (SSSR count). The van der Waals surface area contributed by atoms with E-state index in [1.165, 1.54) is 12.4 Å². The van der Waals surface area contributed by atoms with Gasteiger partial charge in [0.2, 0.25) is 15.7 Å². The topological polar surface area (TPSA) is 115 Å². The maximum Gasteiger partial charge on any atom is 0.335 e. The molecule has 0 aliphatic heterocycles. The molecular weight excluding hydrogens is 320 g/mol. The summed E-state index contributed by atoms with van der Waals surface area (Å²) in [6.07, 6.45) is 4.75. The fourth-order valence-electron chi connectivity index (χ4n) is 1.91. The van der Waals surface area contributed by atoms with Crippen LogP contribution < -0.4 is 5.32 Å². The molecular formula is C14H18N4O4S. The molecule has 0 fully saturated rings. The third-order valence-corrected chi connectivity index (χ3v) is 4.25.